The first-order chi connectivity index (χ1) is 7.18. The molecule has 0 spiro atoms. The highest BCUT2D eigenvalue weighted by Crippen LogP contribution is 2.14. The van der Waals surface area contributed by atoms with Crippen molar-refractivity contribution in [2.45, 2.75) is 54.1 Å². The van der Waals surface area contributed by atoms with E-state index >= 15 is 0 Å². The SMILES string of the molecule is CC.CC.CC(C)OCC1CCN(C)C1. The van der Waals surface area contributed by atoms with Crippen LogP contribution in [-0.2, 0) is 4.74 Å². The van der Waals surface area contributed by atoms with Crippen molar-refractivity contribution in [2.75, 3.05) is 26.7 Å². The molecule has 2 nitrogen and oxygen atoms in total. The van der Waals surface area contributed by atoms with Gasteiger partial charge in [0, 0.05) is 6.54 Å². The number of nitrogens with zero attached hydrogens (tertiary/aromatic N) is 1. The predicted molar refractivity (Wildman–Crippen MR) is 69.4 cm³/mol. The lowest BCUT2D eigenvalue weighted by atomic mass is 10.1. The number of rotatable bonds is 3. The van der Waals surface area contributed by atoms with E-state index in [9.17, 15) is 0 Å². The Balaban J connectivity index is 0. The van der Waals surface area contributed by atoms with Crippen LogP contribution in [0.25, 0.3) is 0 Å². The fraction of sp³-hybridized carbons (Fsp3) is 1.00. The molecule has 1 atom stereocenters. The van der Waals surface area contributed by atoms with Gasteiger partial charge in [-0.25, -0.2) is 0 Å². The second-order valence-electron chi connectivity index (χ2n) is 3.80. The maximum atomic E-state index is 5.55. The molecule has 0 aromatic heterocycles. The number of hydrogen-bond donors (Lipinski definition) is 0. The Kier molecular flexibility index (Phi) is 13.8. The number of ether oxygens (including phenoxy) is 1. The monoisotopic (exact) mass is 217 g/mol. The van der Waals surface area contributed by atoms with Crippen LogP contribution < -0.4 is 0 Å². The van der Waals surface area contributed by atoms with Gasteiger partial charge in [0.25, 0.3) is 0 Å². The summed E-state index contributed by atoms with van der Waals surface area (Å²) in [6.45, 7) is 15.6. The molecule has 15 heavy (non-hydrogen) atoms. The molecule has 0 radical (unpaired) electrons. The van der Waals surface area contributed by atoms with Gasteiger partial charge in [0.05, 0.1) is 12.7 Å². The van der Waals surface area contributed by atoms with E-state index in [1.54, 1.807) is 0 Å². The summed E-state index contributed by atoms with van der Waals surface area (Å²) in [5.41, 5.74) is 0. The molecule has 1 unspecified atom stereocenters. The standard InChI is InChI=1S/C9H19NO.2C2H6/c1-8(2)11-7-9-4-5-10(3)6-9;2*1-2/h8-9H,4-7H2,1-3H3;2*1-2H3. The Morgan fingerprint density at radius 3 is 2.07 bits per heavy atom. The molecule has 1 saturated heterocycles. The lowest BCUT2D eigenvalue weighted by Gasteiger charge is -2.12. The van der Waals surface area contributed by atoms with Crippen LogP contribution in [0.2, 0.25) is 0 Å². The second kappa shape index (κ2) is 12.0. The maximum Gasteiger partial charge on any atom is 0.0519 e. The van der Waals surface area contributed by atoms with Crippen LogP contribution in [0.15, 0.2) is 0 Å². The average molecular weight is 217 g/mol. The quantitative estimate of drug-likeness (QED) is 0.718. The zero-order chi connectivity index (χ0) is 12.3. The molecule has 2 heteroatoms. The van der Waals surface area contributed by atoms with Crippen LogP contribution in [0.1, 0.15) is 48.0 Å². The molecule has 0 N–H and O–H groups in total. The van der Waals surface area contributed by atoms with E-state index < -0.39 is 0 Å². The van der Waals surface area contributed by atoms with E-state index in [-0.39, 0.29) is 0 Å². The molecule has 0 aromatic rings. The third kappa shape index (κ3) is 10.2. The Morgan fingerprint density at radius 1 is 1.20 bits per heavy atom. The molecule has 1 rings (SSSR count). The van der Waals surface area contributed by atoms with Crippen LogP contribution in [0.3, 0.4) is 0 Å². The molecular weight excluding hydrogens is 186 g/mol. The Labute approximate surface area is 97.0 Å². The first-order valence-electron chi connectivity index (χ1n) is 6.48. The van der Waals surface area contributed by atoms with Gasteiger partial charge < -0.3 is 9.64 Å². The summed E-state index contributed by atoms with van der Waals surface area (Å²) in [5, 5.41) is 0. The van der Waals surface area contributed by atoms with E-state index in [1.165, 1.54) is 19.5 Å². The highest BCUT2D eigenvalue weighted by Gasteiger charge is 2.19. The summed E-state index contributed by atoms with van der Waals surface area (Å²) in [4.78, 5) is 2.37. The Bertz CT molecular complexity index is 115. The topological polar surface area (TPSA) is 12.5 Å². The van der Waals surface area contributed by atoms with Crippen LogP contribution in [-0.4, -0.2) is 37.7 Å². The van der Waals surface area contributed by atoms with Gasteiger partial charge in [-0.2, -0.15) is 0 Å². The number of likely N-dealkylation sites (tertiary alicyclic amines) is 1. The fourth-order valence-electron chi connectivity index (χ4n) is 1.49. The first kappa shape index (κ1) is 17.3. The lowest BCUT2D eigenvalue weighted by Crippen LogP contribution is -2.18. The van der Waals surface area contributed by atoms with Crippen LogP contribution in [0, 0.1) is 5.92 Å². The summed E-state index contributed by atoms with van der Waals surface area (Å²) >= 11 is 0. The maximum absolute atomic E-state index is 5.55. The summed E-state index contributed by atoms with van der Waals surface area (Å²) < 4.78 is 5.55. The van der Waals surface area contributed by atoms with Gasteiger partial charge in [-0.05, 0) is 39.8 Å². The molecular formula is C13H31NO. The van der Waals surface area contributed by atoms with Gasteiger partial charge in [-0.15, -0.1) is 0 Å². The van der Waals surface area contributed by atoms with Crippen molar-refractivity contribution in [1.29, 1.82) is 0 Å². The smallest absolute Gasteiger partial charge is 0.0519 e. The zero-order valence-corrected chi connectivity index (χ0v) is 11.8. The van der Waals surface area contributed by atoms with Crippen molar-refractivity contribution in [3.05, 3.63) is 0 Å². The predicted octanol–water partition coefficient (Wildman–Crippen LogP) is 3.42. The molecule has 1 heterocycles. The summed E-state index contributed by atoms with van der Waals surface area (Å²) in [6.07, 6.45) is 1.70. The minimum atomic E-state index is 0.390. The van der Waals surface area contributed by atoms with E-state index in [0.717, 1.165) is 12.5 Å². The fourth-order valence-corrected chi connectivity index (χ4v) is 1.49. The van der Waals surface area contributed by atoms with E-state index in [4.69, 9.17) is 4.74 Å². The van der Waals surface area contributed by atoms with Crippen molar-refractivity contribution in [1.82, 2.24) is 4.90 Å². The van der Waals surface area contributed by atoms with Crippen molar-refractivity contribution >= 4 is 0 Å². The van der Waals surface area contributed by atoms with Gasteiger partial charge >= 0.3 is 0 Å². The molecule has 0 bridgehead atoms. The highest BCUT2D eigenvalue weighted by molar-refractivity contribution is 4.72. The molecule has 1 aliphatic heterocycles. The van der Waals surface area contributed by atoms with E-state index in [1.807, 2.05) is 27.7 Å². The Hall–Kier alpha value is -0.0800. The van der Waals surface area contributed by atoms with Gasteiger partial charge in [0.15, 0.2) is 0 Å². The Morgan fingerprint density at radius 2 is 1.73 bits per heavy atom. The zero-order valence-electron chi connectivity index (χ0n) is 11.8. The van der Waals surface area contributed by atoms with Gasteiger partial charge in [0.1, 0.15) is 0 Å². The molecule has 1 fully saturated rings. The summed E-state index contributed by atoms with van der Waals surface area (Å²) in [5.74, 6) is 0.780. The van der Waals surface area contributed by atoms with Gasteiger partial charge in [-0.3, -0.25) is 0 Å². The molecule has 0 aliphatic carbocycles. The molecule has 0 amide bonds. The van der Waals surface area contributed by atoms with E-state index in [0.29, 0.717) is 6.10 Å². The largest absolute Gasteiger partial charge is 0.378 e. The molecule has 0 aromatic carbocycles. The average Bonchev–Trinajstić information content (AvgIpc) is 2.67. The van der Waals surface area contributed by atoms with Crippen molar-refractivity contribution < 1.29 is 4.74 Å². The third-order valence-electron chi connectivity index (χ3n) is 2.15. The first-order valence-corrected chi connectivity index (χ1v) is 6.48. The third-order valence-corrected chi connectivity index (χ3v) is 2.15. The highest BCUT2D eigenvalue weighted by atomic mass is 16.5. The van der Waals surface area contributed by atoms with Crippen LogP contribution in [0.4, 0.5) is 0 Å². The van der Waals surface area contributed by atoms with Gasteiger partial charge in [-0.1, -0.05) is 27.7 Å². The molecule has 94 valence electrons. The molecule has 0 saturated carbocycles. The van der Waals surface area contributed by atoms with Crippen molar-refractivity contribution in [3.8, 4) is 0 Å². The van der Waals surface area contributed by atoms with Crippen molar-refractivity contribution in [2.24, 2.45) is 5.92 Å². The second-order valence-corrected chi connectivity index (χ2v) is 3.80. The summed E-state index contributed by atoms with van der Waals surface area (Å²) in [6, 6.07) is 0. The normalized spacial score (nSPS) is 20.4. The minimum Gasteiger partial charge on any atom is -0.378 e. The lowest BCUT2D eigenvalue weighted by molar-refractivity contribution is 0.0536. The summed E-state index contributed by atoms with van der Waals surface area (Å²) in [7, 11) is 2.18. The molecule has 1 aliphatic rings. The van der Waals surface area contributed by atoms with Crippen molar-refractivity contribution in [3.63, 3.8) is 0 Å². The van der Waals surface area contributed by atoms with Crippen LogP contribution in [0.5, 0.6) is 0 Å². The van der Waals surface area contributed by atoms with Gasteiger partial charge in [0.2, 0.25) is 0 Å². The van der Waals surface area contributed by atoms with E-state index in [2.05, 4.69) is 25.8 Å². The minimum absolute atomic E-state index is 0.390. The number of hydrogen-bond acceptors (Lipinski definition) is 2. The van der Waals surface area contributed by atoms with Crippen LogP contribution >= 0.6 is 0 Å².